The number of hydrogen-bond acceptors (Lipinski definition) is 2. The van der Waals surface area contributed by atoms with Crippen LogP contribution in [0.25, 0.3) is 11.1 Å². The van der Waals surface area contributed by atoms with Gasteiger partial charge in [0.05, 0.1) is 6.61 Å². The van der Waals surface area contributed by atoms with Crippen LogP contribution in [0.4, 0.5) is 4.39 Å². The molecule has 3 heteroatoms. The second-order valence-corrected chi connectivity index (χ2v) is 9.03. The van der Waals surface area contributed by atoms with E-state index in [-0.39, 0.29) is 24.3 Å². The first-order chi connectivity index (χ1) is 14.8. The van der Waals surface area contributed by atoms with Crippen LogP contribution >= 0.6 is 0 Å². The van der Waals surface area contributed by atoms with Crippen molar-refractivity contribution in [2.24, 2.45) is 0 Å². The van der Waals surface area contributed by atoms with E-state index in [1.54, 1.807) is 0 Å². The van der Waals surface area contributed by atoms with Gasteiger partial charge in [0.15, 0.2) is 0 Å². The van der Waals surface area contributed by atoms with E-state index in [4.69, 9.17) is 4.98 Å². The van der Waals surface area contributed by atoms with Crippen molar-refractivity contribution in [3.8, 4) is 11.1 Å². The lowest BCUT2D eigenvalue weighted by Gasteiger charge is -2.24. The molecule has 1 heterocycles. The molecule has 3 aromatic rings. The molecule has 0 spiro atoms. The fourth-order valence-corrected chi connectivity index (χ4v) is 4.26. The van der Waals surface area contributed by atoms with Crippen LogP contribution in [0.2, 0.25) is 0 Å². The first-order valence-electron chi connectivity index (χ1n) is 11.3. The molecule has 2 nitrogen and oxygen atoms in total. The highest BCUT2D eigenvalue weighted by atomic mass is 19.1. The zero-order chi connectivity index (χ0) is 22.5. The van der Waals surface area contributed by atoms with Crippen molar-refractivity contribution >= 4 is 0 Å². The lowest BCUT2D eigenvalue weighted by Crippen LogP contribution is -2.12. The predicted molar refractivity (Wildman–Crippen MR) is 127 cm³/mol. The molecule has 2 aromatic carbocycles. The van der Waals surface area contributed by atoms with E-state index < -0.39 is 0 Å². The Labute approximate surface area is 186 Å². The van der Waals surface area contributed by atoms with Gasteiger partial charge in [0.25, 0.3) is 0 Å². The summed E-state index contributed by atoms with van der Waals surface area (Å²) in [7, 11) is 0. The highest BCUT2D eigenvalue weighted by Crippen LogP contribution is 2.37. The molecule has 0 aliphatic rings. The van der Waals surface area contributed by atoms with Crippen LogP contribution in [0.5, 0.6) is 0 Å². The second kappa shape index (κ2) is 10.2. The minimum atomic E-state index is -0.252. The summed E-state index contributed by atoms with van der Waals surface area (Å²) in [6, 6.07) is 15.3. The van der Waals surface area contributed by atoms with E-state index in [1.807, 2.05) is 12.1 Å². The molecule has 0 amide bonds. The fraction of sp³-hybridized carbons (Fsp3) is 0.393. The third kappa shape index (κ3) is 5.40. The normalized spacial score (nSPS) is 11.5. The van der Waals surface area contributed by atoms with Crippen LogP contribution in [0.15, 0.2) is 48.5 Å². The molecule has 0 aliphatic heterocycles. The third-order valence-electron chi connectivity index (χ3n) is 5.86. The van der Waals surface area contributed by atoms with Gasteiger partial charge in [-0.2, -0.15) is 0 Å². The molecule has 0 saturated carbocycles. The number of halogens is 1. The first-order valence-corrected chi connectivity index (χ1v) is 11.3. The van der Waals surface area contributed by atoms with Crippen molar-refractivity contribution in [1.29, 1.82) is 0 Å². The number of aryl methyl sites for hydroxylation is 2. The molecule has 1 aromatic heterocycles. The molecule has 3 rings (SSSR count). The SMILES string of the molecule is Cc1ccc(CCCc2c(C(C)C)nc(C(C)C)c(CO)c2-c2ccc(F)cc2)cc1. The van der Waals surface area contributed by atoms with E-state index in [9.17, 15) is 9.50 Å². The Hall–Kier alpha value is -2.52. The van der Waals surface area contributed by atoms with Crippen molar-refractivity contribution in [2.75, 3.05) is 0 Å². The standard InChI is InChI=1S/C28H34FNO/c1-18(2)27-24(8-6-7-21-11-9-20(5)10-12-21)26(22-13-15-23(29)16-14-22)25(17-31)28(30-27)19(3)4/h9-16,18-19,31H,6-8,17H2,1-5H3. The highest BCUT2D eigenvalue weighted by Gasteiger charge is 2.23. The van der Waals surface area contributed by atoms with Gasteiger partial charge in [-0.1, -0.05) is 69.7 Å². The summed E-state index contributed by atoms with van der Waals surface area (Å²) < 4.78 is 13.7. The van der Waals surface area contributed by atoms with Gasteiger partial charge in [-0.3, -0.25) is 4.98 Å². The van der Waals surface area contributed by atoms with Gasteiger partial charge in [-0.15, -0.1) is 0 Å². The number of aliphatic hydroxyl groups excluding tert-OH is 1. The lowest BCUT2D eigenvalue weighted by atomic mass is 9.85. The van der Waals surface area contributed by atoms with Crippen LogP contribution in [0, 0.1) is 12.7 Å². The monoisotopic (exact) mass is 419 g/mol. The smallest absolute Gasteiger partial charge is 0.123 e. The Morgan fingerprint density at radius 2 is 1.39 bits per heavy atom. The van der Waals surface area contributed by atoms with E-state index in [1.165, 1.54) is 28.8 Å². The summed E-state index contributed by atoms with van der Waals surface area (Å²) in [5.74, 6) is 0.205. The van der Waals surface area contributed by atoms with Gasteiger partial charge < -0.3 is 5.11 Å². The minimum Gasteiger partial charge on any atom is -0.392 e. The number of nitrogens with zero attached hydrogens (tertiary/aromatic N) is 1. The van der Waals surface area contributed by atoms with Crippen LogP contribution < -0.4 is 0 Å². The molecule has 0 unspecified atom stereocenters. The summed E-state index contributed by atoms with van der Waals surface area (Å²) >= 11 is 0. The number of benzene rings is 2. The molecule has 0 fully saturated rings. The van der Waals surface area contributed by atoms with Gasteiger partial charge in [-0.25, -0.2) is 4.39 Å². The molecule has 31 heavy (non-hydrogen) atoms. The fourth-order valence-electron chi connectivity index (χ4n) is 4.26. The van der Waals surface area contributed by atoms with Gasteiger partial charge in [0.1, 0.15) is 5.82 Å². The van der Waals surface area contributed by atoms with Crippen LogP contribution in [0.1, 0.15) is 79.6 Å². The average molecular weight is 420 g/mol. The molecule has 0 aliphatic carbocycles. The van der Waals surface area contributed by atoms with Crippen LogP contribution in [-0.2, 0) is 19.4 Å². The van der Waals surface area contributed by atoms with Crippen molar-refractivity contribution in [1.82, 2.24) is 4.98 Å². The van der Waals surface area contributed by atoms with Gasteiger partial charge in [0.2, 0.25) is 0 Å². The largest absolute Gasteiger partial charge is 0.392 e. The van der Waals surface area contributed by atoms with Crippen molar-refractivity contribution in [3.63, 3.8) is 0 Å². The Morgan fingerprint density at radius 1 is 0.806 bits per heavy atom. The predicted octanol–water partition coefficient (Wildman–Crippen LogP) is 7.11. The maximum Gasteiger partial charge on any atom is 0.123 e. The number of hydrogen-bond donors (Lipinski definition) is 1. The molecule has 0 saturated heterocycles. The summed E-state index contributed by atoms with van der Waals surface area (Å²) in [5.41, 5.74) is 8.66. The van der Waals surface area contributed by atoms with E-state index in [0.717, 1.165) is 47.3 Å². The van der Waals surface area contributed by atoms with E-state index in [2.05, 4.69) is 58.9 Å². The first kappa shape index (κ1) is 23.1. The van der Waals surface area contributed by atoms with Crippen molar-refractivity contribution < 1.29 is 9.50 Å². The van der Waals surface area contributed by atoms with Gasteiger partial charge >= 0.3 is 0 Å². The van der Waals surface area contributed by atoms with Crippen LogP contribution in [-0.4, -0.2) is 10.1 Å². The second-order valence-electron chi connectivity index (χ2n) is 9.03. The number of rotatable bonds is 8. The zero-order valence-electron chi connectivity index (χ0n) is 19.4. The quantitative estimate of drug-likeness (QED) is 0.422. The number of aromatic nitrogens is 1. The third-order valence-corrected chi connectivity index (χ3v) is 5.86. The molecule has 1 N–H and O–H groups in total. The molecule has 164 valence electrons. The van der Waals surface area contributed by atoms with Gasteiger partial charge in [-0.05, 0) is 72.4 Å². The summed E-state index contributed by atoms with van der Waals surface area (Å²) in [6.45, 7) is 10.6. The molecule has 0 radical (unpaired) electrons. The Kier molecular flexibility index (Phi) is 7.61. The summed E-state index contributed by atoms with van der Waals surface area (Å²) in [6.07, 6.45) is 2.85. The molecular formula is C28H34FNO. The number of aliphatic hydroxyl groups is 1. The van der Waals surface area contributed by atoms with Crippen molar-refractivity contribution in [3.05, 3.63) is 88.0 Å². The van der Waals surface area contributed by atoms with E-state index in [0.29, 0.717) is 0 Å². The minimum absolute atomic E-state index is 0.0729. The zero-order valence-corrected chi connectivity index (χ0v) is 19.4. The number of pyridine rings is 1. The Balaban J connectivity index is 2.09. The van der Waals surface area contributed by atoms with E-state index >= 15 is 0 Å². The topological polar surface area (TPSA) is 33.1 Å². The Bertz CT molecular complexity index is 1000. The summed E-state index contributed by atoms with van der Waals surface area (Å²) in [4.78, 5) is 5.05. The molecule has 0 bridgehead atoms. The van der Waals surface area contributed by atoms with Crippen LogP contribution in [0.3, 0.4) is 0 Å². The lowest BCUT2D eigenvalue weighted by molar-refractivity contribution is 0.279. The molecular weight excluding hydrogens is 385 g/mol. The van der Waals surface area contributed by atoms with Gasteiger partial charge in [0, 0.05) is 17.0 Å². The molecule has 0 atom stereocenters. The maximum absolute atomic E-state index is 13.7. The highest BCUT2D eigenvalue weighted by molar-refractivity contribution is 5.73. The Morgan fingerprint density at radius 3 is 1.94 bits per heavy atom. The summed E-state index contributed by atoms with van der Waals surface area (Å²) in [5, 5.41) is 10.3. The average Bonchev–Trinajstić information content (AvgIpc) is 2.74. The van der Waals surface area contributed by atoms with Crippen molar-refractivity contribution in [2.45, 2.75) is 72.3 Å². The maximum atomic E-state index is 13.7.